The summed E-state index contributed by atoms with van der Waals surface area (Å²) < 4.78 is 16.7. The molecule has 0 aromatic heterocycles. The zero-order valence-electron chi connectivity index (χ0n) is 38.8. The average molecular weight is 825 g/mol. The molecule has 0 aliphatic heterocycles. The summed E-state index contributed by atoms with van der Waals surface area (Å²) in [5, 5.41) is 0. The molecule has 0 aromatic carbocycles. The fourth-order valence-corrected chi connectivity index (χ4v) is 6.73. The predicted octanol–water partition coefficient (Wildman–Crippen LogP) is 16.1. The smallest absolute Gasteiger partial charge is 0.306 e. The van der Waals surface area contributed by atoms with E-state index in [2.05, 4.69) is 81.5 Å². The van der Waals surface area contributed by atoms with E-state index in [-0.39, 0.29) is 31.1 Å². The molecule has 0 aromatic rings. The number of unbranched alkanes of at least 4 members (excludes halogenated alkanes) is 25. The van der Waals surface area contributed by atoms with E-state index in [0.29, 0.717) is 25.7 Å². The molecule has 0 saturated carbocycles. The molecule has 340 valence electrons. The van der Waals surface area contributed by atoms with Crippen LogP contribution in [-0.2, 0) is 28.6 Å². The molecule has 0 fully saturated rings. The Morgan fingerprint density at radius 1 is 0.339 bits per heavy atom. The topological polar surface area (TPSA) is 78.9 Å². The van der Waals surface area contributed by atoms with Crippen molar-refractivity contribution in [3.05, 3.63) is 60.8 Å². The van der Waals surface area contributed by atoms with E-state index < -0.39 is 6.10 Å². The molecule has 0 saturated heterocycles. The van der Waals surface area contributed by atoms with Gasteiger partial charge in [0.15, 0.2) is 6.10 Å². The highest BCUT2D eigenvalue weighted by Gasteiger charge is 2.19. The highest BCUT2D eigenvalue weighted by atomic mass is 16.6. The van der Waals surface area contributed by atoms with Crippen molar-refractivity contribution in [2.45, 2.75) is 245 Å². The van der Waals surface area contributed by atoms with Gasteiger partial charge in [0.05, 0.1) is 0 Å². The molecule has 0 spiro atoms. The fraction of sp³-hybridized carbons (Fsp3) is 0.755. The first-order valence-corrected chi connectivity index (χ1v) is 24.8. The van der Waals surface area contributed by atoms with Gasteiger partial charge >= 0.3 is 17.9 Å². The van der Waals surface area contributed by atoms with Gasteiger partial charge in [0.2, 0.25) is 0 Å². The van der Waals surface area contributed by atoms with Gasteiger partial charge in [-0.05, 0) is 89.9 Å². The lowest BCUT2D eigenvalue weighted by Gasteiger charge is -2.18. The molecule has 0 amide bonds. The van der Waals surface area contributed by atoms with Gasteiger partial charge in [-0.15, -0.1) is 0 Å². The van der Waals surface area contributed by atoms with Crippen LogP contribution in [0.5, 0.6) is 0 Å². The van der Waals surface area contributed by atoms with Crippen LogP contribution in [0.2, 0.25) is 0 Å². The number of ether oxygens (including phenoxy) is 3. The Labute approximate surface area is 364 Å². The number of hydrogen-bond acceptors (Lipinski definition) is 6. The summed E-state index contributed by atoms with van der Waals surface area (Å²) in [5.41, 5.74) is 0. The van der Waals surface area contributed by atoms with Crippen molar-refractivity contribution in [1.29, 1.82) is 0 Å². The Hall–Kier alpha value is -2.89. The summed E-state index contributed by atoms with van der Waals surface area (Å²) in [5.74, 6) is -0.970. The third-order valence-electron chi connectivity index (χ3n) is 10.5. The van der Waals surface area contributed by atoms with Crippen molar-refractivity contribution in [3.63, 3.8) is 0 Å². The van der Waals surface area contributed by atoms with Gasteiger partial charge in [0.25, 0.3) is 0 Å². The maximum atomic E-state index is 12.7. The number of allylic oxidation sites excluding steroid dienone is 10. The van der Waals surface area contributed by atoms with Crippen LogP contribution in [-0.4, -0.2) is 37.2 Å². The van der Waals surface area contributed by atoms with Gasteiger partial charge in [-0.3, -0.25) is 14.4 Å². The Morgan fingerprint density at radius 2 is 0.644 bits per heavy atom. The van der Waals surface area contributed by atoms with Crippen molar-refractivity contribution in [3.8, 4) is 0 Å². The molecule has 0 heterocycles. The zero-order chi connectivity index (χ0) is 43.0. The van der Waals surface area contributed by atoms with Gasteiger partial charge in [-0.2, -0.15) is 0 Å². The van der Waals surface area contributed by atoms with E-state index in [4.69, 9.17) is 14.2 Å². The lowest BCUT2D eigenvalue weighted by molar-refractivity contribution is -0.167. The summed E-state index contributed by atoms with van der Waals surface area (Å²) in [6.45, 7) is 6.52. The molecule has 6 nitrogen and oxygen atoms in total. The average Bonchev–Trinajstić information content (AvgIpc) is 3.23. The van der Waals surface area contributed by atoms with E-state index in [0.717, 1.165) is 83.5 Å². The maximum Gasteiger partial charge on any atom is 0.306 e. The lowest BCUT2D eigenvalue weighted by atomic mass is 10.1. The molecule has 1 unspecified atom stereocenters. The molecule has 0 aliphatic rings. The van der Waals surface area contributed by atoms with Crippen molar-refractivity contribution in [2.24, 2.45) is 0 Å². The highest BCUT2D eigenvalue weighted by molar-refractivity contribution is 5.71. The second-order valence-corrected chi connectivity index (χ2v) is 16.4. The molecular weight excluding hydrogens is 733 g/mol. The number of rotatable bonds is 44. The summed E-state index contributed by atoms with van der Waals surface area (Å²) in [7, 11) is 0. The van der Waals surface area contributed by atoms with Gasteiger partial charge in [-0.1, -0.05) is 191 Å². The molecule has 1 atom stereocenters. The van der Waals surface area contributed by atoms with Crippen LogP contribution in [0.15, 0.2) is 60.8 Å². The first-order valence-electron chi connectivity index (χ1n) is 24.8. The summed E-state index contributed by atoms with van der Waals surface area (Å²) >= 11 is 0. The van der Waals surface area contributed by atoms with E-state index in [1.165, 1.54) is 109 Å². The quantitative estimate of drug-likeness (QED) is 0.0200. The summed E-state index contributed by atoms with van der Waals surface area (Å²) in [6, 6.07) is 0. The van der Waals surface area contributed by atoms with Crippen LogP contribution in [0.4, 0.5) is 0 Å². The van der Waals surface area contributed by atoms with Gasteiger partial charge in [0.1, 0.15) is 13.2 Å². The Balaban J connectivity index is 4.41. The van der Waals surface area contributed by atoms with Crippen LogP contribution in [0.25, 0.3) is 0 Å². The second-order valence-electron chi connectivity index (χ2n) is 16.4. The van der Waals surface area contributed by atoms with Crippen LogP contribution < -0.4 is 0 Å². The van der Waals surface area contributed by atoms with E-state index in [1.54, 1.807) is 0 Å². The molecule has 0 bridgehead atoms. The minimum absolute atomic E-state index is 0.0994. The van der Waals surface area contributed by atoms with Crippen LogP contribution in [0, 0.1) is 0 Å². The molecule has 59 heavy (non-hydrogen) atoms. The molecule has 0 aliphatic carbocycles. The molecule has 6 heteroatoms. The molecule has 0 N–H and O–H groups in total. The SMILES string of the molecule is CCCCCC/C=C\CCCC(=O)OCC(COC(=O)CCCCCCC\C=C/C=C\C=C/CCCCCCC)OC(=O)CCCCC/C=C\CCCCCCCCC. The Kier molecular flexibility index (Phi) is 45.4. The van der Waals surface area contributed by atoms with Crippen LogP contribution in [0.1, 0.15) is 239 Å². The van der Waals surface area contributed by atoms with Gasteiger partial charge < -0.3 is 14.2 Å². The molecule has 0 rings (SSSR count). The van der Waals surface area contributed by atoms with E-state index >= 15 is 0 Å². The summed E-state index contributed by atoms with van der Waals surface area (Å²) in [6.07, 6.45) is 57.8. The molecular formula is C53H92O6. The largest absolute Gasteiger partial charge is 0.462 e. The highest BCUT2D eigenvalue weighted by Crippen LogP contribution is 2.13. The third-order valence-corrected chi connectivity index (χ3v) is 10.5. The normalized spacial score (nSPS) is 12.5. The van der Waals surface area contributed by atoms with Crippen LogP contribution >= 0.6 is 0 Å². The standard InChI is InChI=1S/C53H92O6/c1-4-7-10-13-16-19-21-23-25-26-27-28-30-31-34-37-40-43-46-52(55)58-49-50(48-57-51(54)45-42-39-36-33-18-15-12-9-6-3)59-53(56)47-44-41-38-35-32-29-24-22-20-17-14-11-8-5-2/h21,23,25-29,32-33,36,50H,4-20,22,24,30-31,34-35,37-49H2,1-3H3/b23-21-,26-25-,28-27-,32-29-,36-33-. The Morgan fingerprint density at radius 3 is 1.08 bits per heavy atom. The zero-order valence-corrected chi connectivity index (χ0v) is 38.8. The number of esters is 3. The van der Waals surface area contributed by atoms with E-state index in [9.17, 15) is 14.4 Å². The fourth-order valence-electron chi connectivity index (χ4n) is 6.73. The third kappa shape index (κ3) is 46.0. The van der Waals surface area contributed by atoms with Crippen molar-refractivity contribution in [1.82, 2.24) is 0 Å². The minimum Gasteiger partial charge on any atom is -0.462 e. The van der Waals surface area contributed by atoms with Crippen molar-refractivity contribution >= 4 is 17.9 Å². The van der Waals surface area contributed by atoms with E-state index in [1.807, 2.05) is 0 Å². The van der Waals surface area contributed by atoms with Crippen molar-refractivity contribution in [2.75, 3.05) is 13.2 Å². The monoisotopic (exact) mass is 825 g/mol. The molecule has 0 radical (unpaired) electrons. The van der Waals surface area contributed by atoms with Crippen LogP contribution in [0.3, 0.4) is 0 Å². The van der Waals surface area contributed by atoms with Gasteiger partial charge in [0, 0.05) is 19.3 Å². The summed E-state index contributed by atoms with van der Waals surface area (Å²) in [4.78, 5) is 37.8. The Bertz CT molecular complexity index is 1090. The van der Waals surface area contributed by atoms with Crippen molar-refractivity contribution < 1.29 is 28.6 Å². The van der Waals surface area contributed by atoms with Gasteiger partial charge in [-0.25, -0.2) is 0 Å². The minimum atomic E-state index is -0.799. The number of carbonyl (C=O) groups is 3. The number of hydrogen-bond donors (Lipinski definition) is 0. The number of carbonyl (C=O) groups excluding carboxylic acids is 3. The lowest BCUT2D eigenvalue weighted by Crippen LogP contribution is -2.30. The second kappa shape index (κ2) is 47.8. The predicted molar refractivity (Wildman–Crippen MR) is 251 cm³/mol. The first kappa shape index (κ1) is 56.1. The maximum absolute atomic E-state index is 12.7. The first-order chi connectivity index (χ1) is 29.0.